The molecule has 0 aliphatic heterocycles. The summed E-state index contributed by atoms with van der Waals surface area (Å²) in [6, 6.07) is 4.30. The van der Waals surface area contributed by atoms with Crippen molar-refractivity contribution in [2.45, 2.75) is 0 Å². The first-order valence-corrected chi connectivity index (χ1v) is 6.58. The highest BCUT2D eigenvalue weighted by atomic mass is 35.5. The third-order valence-electron chi connectivity index (χ3n) is 3.13. The van der Waals surface area contributed by atoms with Crippen LogP contribution in [0.15, 0.2) is 30.9 Å². The highest BCUT2D eigenvalue weighted by Crippen LogP contribution is 2.24. The van der Waals surface area contributed by atoms with Gasteiger partial charge in [0, 0.05) is 31.8 Å². The summed E-state index contributed by atoms with van der Waals surface area (Å²) >= 11 is 0. The predicted octanol–water partition coefficient (Wildman–Crippen LogP) is 0.889. The summed E-state index contributed by atoms with van der Waals surface area (Å²) in [5.41, 5.74) is 0.324. The van der Waals surface area contributed by atoms with Gasteiger partial charge >= 0.3 is 0 Å². The lowest BCUT2D eigenvalue weighted by Crippen LogP contribution is -2.32. The number of aromatic nitrogens is 3. The number of amides is 1. The number of halogens is 1. The van der Waals surface area contributed by atoms with Crippen molar-refractivity contribution < 1.29 is 9.72 Å². The van der Waals surface area contributed by atoms with E-state index >= 15 is 0 Å². The summed E-state index contributed by atoms with van der Waals surface area (Å²) in [6.07, 6.45) is 2.65. The van der Waals surface area contributed by atoms with E-state index < -0.39 is 4.92 Å². The van der Waals surface area contributed by atoms with E-state index in [2.05, 4.69) is 15.4 Å². The Hall–Kier alpha value is -2.52. The average Bonchev–Trinajstić information content (AvgIpc) is 3.05. The van der Waals surface area contributed by atoms with Crippen LogP contribution in [0, 0.1) is 10.1 Å². The van der Waals surface area contributed by atoms with E-state index in [0.717, 1.165) is 0 Å². The van der Waals surface area contributed by atoms with Gasteiger partial charge in [0.2, 0.25) is 0 Å². The monoisotopic (exact) mass is 340 g/mol. The van der Waals surface area contributed by atoms with Crippen molar-refractivity contribution in [1.29, 1.82) is 0 Å². The zero-order valence-corrected chi connectivity index (χ0v) is 13.5. The molecule has 0 aliphatic carbocycles. The number of nitrogens with one attached hydrogen (secondary N) is 1. The number of carbonyl (C=O) groups excluding carboxylic acids is 1. The van der Waals surface area contributed by atoms with Crippen LogP contribution in [0.1, 0.15) is 10.4 Å². The first-order chi connectivity index (χ1) is 10.5. The molecule has 0 unspecified atom stereocenters. The lowest BCUT2D eigenvalue weighted by Gasteiger charge is -2.17. The Balaban J connectivity index is 0.00000264. The fourth-order valence-corrected chi connectivity index (χ4v) is 1.93. The van der Waals surface area contributed by atoms with Gasteiger partial charge in [-0.1, -0.05) is 0 Å². The fourth-order valence-electron chi connectivity index (χ4n) is 1.93. The zero-order valence-electron chi connectivity index (χ0n) is 12.7. The Morgan fingerprint density at radius 1 is 1.48 bits per heavy atom. The van der Waals surface area contributed by atoms with Gasteiger partial charge in [0.15, 0.2) is 0 Å². The number of nitro benzene ring substituents is 1. The van der Waals surface area contributed by atoms with Crippen LogP contribution in [0.5, 0.6) is 0 Å². The van der Waals surface area contributed by atoms with Gasteiger partial charge in [-0.25, -0.2) is 9.67 Å². The topological polar surface area (TPSA) is 106 Å². The normalized spacial score (nSPS) is 10.0. The second-order valence-electron chi connectivity index (χ2n) is 4.63. The Kier molecular flexibility index (Phi) is 6.61. The molecule has 1 aromatic carbocycles. The van der Waals surface area contributed by atoms with Gasteiger partial charge in [0.05, 0.1) is 4.92 Å². The Morgan fingerprint density at radius 2 is 2.22 bits per heavy atom. The number of nitrogens with zero attached hydrogens (tertiary/aromatic N) is 5. The molecule has 23 heavy (non-hydrogen) atoms. The van der Waals surface area contributed by atoms with E-state index in [1.54, 1.807) is 20.2 Å². The van der Waals surface area contributed by atoms with Crippen LogP contribution in [-0.4, -0.2) is 57.7 Å². The average molecular weight is 341 g/mol. The lowest BCUT2D eigenvalue weighted by atomic mass is 10.1. The van der Waals surface area contributed by atoms with Gasteiger partial charge in [-0.3, -0.25) is 14.9 Å². The molecule has 1 aromatic heterocycles. The molecule has 0 atom stereocenters. The second kappa shape index (κ2) is 8.20. The van der Waals surface area contributed by atoms with Crippen molar-refractivity contribution in [3.8, 4) is 5.69 Å². The first-order valence-electron chi connectivity index (χ1n) is 6.58. The zero-order chi connectivity index (χ0) is 16.1. The van der Waals surface area contributed by atoms with Crippen LogP contribution < -0.4 is 5.32 Å². The molecule has 0 saturated carbocycles. The molecule has 0 radical (unpaired) electrons. The van der Waals surface area contributed by atoms with E-state index in [1.165, 1.54) is 34.4 Å². The molecule has 2 aromatic rings. The number of carbonyl (C=O) groups is 1. The van der Waals surface area contributed by atoms with Crippen molar-refractivity contribution in [2.75, 3.05) is 27.2 Å². The van der Waals surface area contributed by atoms with Crippen LogP contribution >= 0.6 is 12.4 Å². The van der Waals surface area contributed by atoms with Crippen LogP contribution in [-0.2, 0) is 0 Å². The SMILES string of the molecule is CNCCN(C)C(=O)c1ccc(-n2cncn2)c([N+](=O)[O-])c1.Cl. The smallest absolute Gasteiger partial charge is 0.295 e. The minimum Gasteiger partial charge on any atom is -0.340 e. The number of hydrogen-bond donors (Lipinski definition) is 1. The van der Waals surface area contributed by atoms with Gasteiger partial charge in [-0.2, -0.15) is 5.10 Å². The van der Waals surface area contributed by atoms with Gasteiger partial charge in [0.25, 0.3) is 11.6 Å². The first kappa shape index (κ1) is 18.5. The fraction of sp³-hybridized carbons (Fsp3) is 0.308. The highest BCUT2D eigenvalue weighted by molar-refractivity contribution is 5.95. The predicted molar refractivity (Wildman–Crippen MR) is 86.1 cm³/mol. The largest absolute Gasteiger partial charge is 0.340 e. The molecular weight excluding hydrogens is 324 g/mol. The van der Waals surface area contributed by atoms with Crippen molar-refractivity contribution in [2.24, 2.45) is 0 Å². The summed E-state index contributed by atoms with van der Waals surface area (Å²) in [7, 11) is 3.44. The third kappa shape index (κ3) is 4.24. The molecule has 2 rings (SSSR count). The quantitative estimate of drug-likeness (QED) is 0.618. The van der Waals surface area contributed by atoms with Crippen molar-refractivity contribution >= 4 is 24.0 Å². The molecule has 0 bridgehead atoms. The second-order valence-corrected chi connectivity index (χ2v) is 4.63. The van der Waals surface area contributed by atoms with Crippen molar-refractivity contribution in [3.05, 3.63) is 46.5 Å². The van der Waals surface area contributed by atoms with E-state index in [0.29, 0.717) is 13.1 Å². The maximum atomic E-state index is 12.3. The highest BCUT2D eigenvalue weighted by Gasteiger charge is 2.20. The van der Waals surface area contributed by atoms with Gasteiger partial charge in [-0.15, -0.1) is 12.4 Å². The molecule has 10 heteroatoms. The van der Waals surface area contributed by atoms with Gasteiger partial charge in [-0.05, 0) is 19.2 Å². The third-order valence-corrected chi connectivity index (χ3v) is 3.13. The van der Waals surface area contributed by atoms with Crippen LogP contribution in [0.2, 0.25) is 0 Å². The summed E-state index contributed by atoms with van der Waals surface area (Å²) in [4.78, 5) is 28.2. The Bertz CT molecular complexity index is 676. The van der Waals surface area contributed by atoms with Gasteiger partial charge < -0.3 is 10.2 Å². The molecule has 0 spiro atoms. The van der Waals surface area contributed by atoms with Gasteiger partial charge in [0.1, 0.15) is 18.3 Å². The van der Waals surface area contributed by atoms with E-state index in [-0.39, 0.29) is 35.3 Å². The summed E-state index contributed by atoms with van der Waals surface area (Å²) < 4.78 is 1.29. The maximum absolute atomic E-state index is 12.3. The molecular formula is C13H17ClN6O3. The Morgan fingerprint density at radius 3 is 2.78 bits per heavy atom. The van der Waals surface area contributed by atoms with E-state index in [9.17, 15) is 14.9 Å². The summed E-state index contributed by atoms with van der Waals surface area (Å²) in [5, 5.41) is 18.1. The molecule has 0 fully saturated rings. The van der Waals surface area contributed by atoms with Crippen LogP contribution in [0.4, 0.5) is 5.69 Å². The standard InChI is InChI=1S/C13H16N6O3.ClH/c1-14-5-6-17(2)13(20)10-3-4-11(12(7-10)19(21)22)18-9-15-8-16-18;/h3-4,7-9,14H,5-6H2,1-2H3;1H. The Labute approximate surface area is 138 Å². The molecule has 0 saturated heterocycles. The van der Waals surface area contributed by atoms with Crippen molar-refractivity contribution in [1.82, 2.24) is 25.0 Å². The van der Waals surface area contributed by atoms with E-state index in [4.69, 9.17) is 0 Å². The number of likely N-dealkylation sites (N-methyl/N-ethyl adjacent to an activating group) is 2. The van der Waals surface area contributed by atoms with E-state index in [1.807, 2.05) is 0 Å². The summed E-state index contributed by atoms with van der Waals surface area (Å²) in [6.45, 7) is 1.15. The molecule has 1 heterocycles. The number of benzene rings is 1. The molecule has 9 nitrogen and oxygen atoms in total. The lowest BCUT2D eigenvalue weighted by molar-refractivity contribution is -0.384. The molecule has 124 valence electrons. The van der Waals surface area contributed by atoms with Crippen molar-refractivity contribution in [3.63, 3.8) is 0 Å². The minimum absolute atomic E-state index is 0. The molecule has 1 N–H and O–H groups in total. The molecule has 1 amide bonds. The maximum Gasteiger partial charge on any atom is 0.295 e. The van der Waals surface area contributed by atoms with Crippen LogP contribution in [0.25, 0.3) is 5.69 Å². The van der Waals surface area contributed by atoms with Crippen LogP contribution in [0.3, 0.4) is 0 Å². The molecule has 0 aliphatic rings. The number of hydrogen-bond acceptors (Lipinski definition) is 6. The number of rotatable bonds is 6. The minimum atomic E-state index is -0.540. The summed E-state index contributed by atoms with van der Waals surface area (Å²) in [5.74, 6) is -0.275. The number of nitro groups is 1.